The van der Waals surface area contributed by atoms with Crippen LogP contribution in [0.3, 0.4) is 0 Å². The fraction of sp³-hybridized carbons (Fsp3) is 0.778. The molecule has 1 N–H and O–H groups in total. The highest BCUT2D eigenvalue weighted by Gasteiger charge is 2.26. The first-order valence-corrected chi connectivity index (χ1v) is 19.6. The van der Waals surface area contributed by atoms with Gasteiger partial charge in [0.2, 0.25) is 11.8 Å². The zero-order valence-corrected chi connectivity index (χ0v) is 28.5. The number of piperidine rings is 1. The minimum Gasteiger partial charge on any atom is -0.289 e. The number of nitrogens with one attached hydrogen (secondary N) is 1. The van der Waals surface area contributed by atoms with Crippen molar-refractivity contribution in [1.29, 1.82) is 0 Å². The van der Waals surface area contributed by atoms with E-state index in [-0.39, 0.29) is 22.5 Å². The van der Waals surface area contributed by atoms with Gasteiger partial charge < -0.3 is 0 Å². The number of anilines is 1. The van der Waals surface area contributed by atoms with Gasteiger partial charge in [-0.2, -0.15) is 5.01 Å². The van der Waals surface area contributed by atoms with Crippen LogP contribution in [0.5, 0.6) is 0 Å². The Bertz CT molecular complexity index is 999. The number of alkyl halides is 1. The zero-order chi connectivity index (χ0) is 31.9. The Labute approximate surface area is 268 Å². The highest BCUT2D eigenvalue weighted by atomic mass is 32.2. The van der Waals surface area contributed by atoms with E-state index in [1.54, 1.807) is 12.1 Å². The number of unbranched alkanes of at least 4 members (excludes halogenated alkanes) is 18. The molecule has 1 aromatic rings. The molecule has 44 heavy (non-hydrogen) atoms. The zero-order valence-electron chi connectivity index (χ0n) is 27.6. The Morgan fingerprint density at radius 3 is 1.52 bits per heavy atom. The maximum Gasteiger partial charge on any atom is 0.248 e. The number of amides is 2. The van der Waals surface area contributed by atoms with Gasteiger partial charge in [0.1, 0.15) is 6.17 Å². The predicted molar refractivity (Wildman–Crippen MR) is 180 cm³/mol. The van der Waals surface area contributed by atoms with Crippen molar-refractivity contribution in [3.05, 3.63) is 24.3 Å². The molecule has 1 aromatic carbocycles. The number of halogens is 1. The van der Waals surface area contributed by atoms with Crippen LogP contribution < -0.4 is 5.43 Å². The summed E-state index contributed by atoms with van der Waals surface area (Å²) in [5, 5.41) is 1.01. The van der Waals surface area contributed by atoms with Crippen molar-refractivity contribution in [1.82, 2.24) is 5.01 Å². The van der Waals surface area contributed by atoms with E-state index in [4.69, 9.17) is 0 Å². The van der Waals surface area contributed by atoms with E-state index in [0.29, 0.717) is 44.2 Å². The van der Waals surface area contributed by atoms with E-state index in [9.17, 15) is 22.4 Å². The molecule has 1 unspecified atom stereocenters. The van der Waals surface area contributed by atoms with Gasteiger partial charge in [-0.15, -0.1) is 0 Å². The standard InChI is InChI=1S/C36H61FN2O4S/c1-2-3-4-5-6-7-8-9-10-11-12-13-14-16-19-23-32(37)24-20-17-15-18-21-31-44(42,43)34-29-27-33(28-30-34)38-39-35(40)25-22-26-36(39)41/h27-30,32,38H,2-26,31H2,1H3. The molecule has 1 fully saturated rings. The molecule has 1 aliphatic heterocycles. The number of hydrogen-bond donors (Lipinski definition) is 1. The van der Waals surface area contributed by atoms with Crippen LogP contribution >= 0.6 is 0 Å². The Balaban J connectivity index is 1.41. The van der Waals surface area contributed by atoms with E-state index in [2.05, 4.69) is 12.3 Å². The number of rotatable bonds is 27. The van der Waals surface area contributed by atoms with Crippen LogP contribution in [0.25, 0.3) is 0 Å². The second-order valence-electron chi connectivity index (χ2n) is 12.8. The van der Waals surface area contributed by atoms with Gasteiger partial charge in [-0.25, -0.2) is 12.8 Å². The van der Waals surface area contributed by atoms with Gasteiger partial charge in [0, 0.05) is 12.8 Å². The van der Waals surface area contributed by atoms with Crippen LogP contribution in [-0.4, -0.2) is 37.2 Å². The molecule has 0 spiro atoms. The van der Waals surface area contributed by atoms with Crippen molar-refractivity contribution in [3.8, 4) is 0 Å². The van der Waals surface area contributed by atoms with Gasteiger partial charge in [0.05, 0.1) is 16.3 Å². The Morgan fingerprint density at radius 2 is 1.07 bits per heavy atom. The van der Waals surface area contributed by atoms with Crippen molar-refractivity contribution in [2.24, 2.45) is 0 Å². The van der Waals surface area contributed by atoms with Gasteiger partial charge in [-0.05, 0) is 49.9 Å². The van der Waals surface area contributed by atoms with Gasteiger partial charge in [0.25, 0.3) is 0 Å². The maximum atomic E-state index is 14.3. The van der Waals surface area contributed by atoms with Crippen LogP contribution in [0, 0.1) is 0 Å². The highest BCUT2D eigenvalue weighted by molar-refractivity contribution is 7.91. The van der Waals surface area contributed by atoms with Crippen molar-refractivity contribution < 1.29 is 22.4 Å². The summed E-state index contributed by atoms with van der Waals surface area (Å²) in [6.45, 7) is 2.27. The summed E-state index contributed by atoms with van der Waals surface area (Å²) in [6, 6.07) is 6.18. The molecular formula is C36H61FN2O4S. The third-order valence-electron chi connectivity index (χ3n) is 8.79. The van der Waals surface area contributed by atoms with E-state index in [0.717, 1.165) is 43.5 Å². The highest BCUT2D eigenvalue weighted by Crippen LogP contribution is 2.21. The number of hydrazine groups is 1. The van der Waals surface area contributed by atoms with Crippen molar-refractivity contribution in [3.63, 3.8) is 0 Å². The topological polar surface area (TPSA) is 83.6 Å². The third-order valence-corrected chi connectivity index (χ3v) is 10.6. The van der Waals surface area contributed by atoms with Crippen molar-refractivity contribution in [2.75, 3.05) is 11.2 Å². The van der Waals surface area contributed by atoms with Gasteiger partial charge in [-0.1, -0.05) is 129 Å². The van der Waals surface area contributed by atoms with E-state index >= 15 is 0 Å². The van der Waals surface area contributed by atoms with Gasteiger partial charge in [-0.3, -0.25) is 15.0 Å². The molecule has 6 nitrogen and oxygen atoms in total. The van der Waals surface area contributed by atoms with Crippen LogP contribution in [0.2, 0.25) is 0 Å². The SMILES string of the molecule is CCCCCCCCCCCCCCCCCC(F)CCCCCCCS(=O)(=O)c1ccc(NN2C(=O)CCCC2=O)cc1. The predicted octanol–water partition coefficient (Wildman–Crippen LogP) is 10.3. The molecule has 0 radical (unpaired) electrons. The van der Waals surface area contributed by atoms with E-state index < -0.39 is 16.0 Å². The summed E-state index contributed by atoms with van der Waals surface area (Å²) in [7, 11) is -3.40. The summed E-state index contributed by atoms with van der Waals surface area (Å²) < 4.78 is 39.7. The summed E-state index contributed by atoms with van der Waals surface area (Å²) in [6.07, 6.45) is 25.7. The fourth-order valence-electron chi connectivity index (χ4n) is 5.93. The third kappa shape index (κ3) is 16.9. The van der Waals surface area contributed by atoms with Crippen LogP contribution in [0.15, 0.2) is 29.2 Å². The molecule has 0 bridgehead atoms. The molecule has 1 atom stereocenters. The largest absolute Gasteiger partial charge is 0.289 e. The molecule has 0 aromatic heterocycles. The molecule has 0 aliphatic carbocycles. The Kier molecular flexibility index (Phi) is 20.3. The Morgan fingerprint density at radius 1 is 0.659 bits per heavy atom. The first kappa shape index (κ1) is 38.2. The lowest BCUT2D eigenvalue weighted by Crippen LogP contribution is -2.44. The number of nitrogens with zero attached hydrogens (tertiary/aromatic N) is 1. The van der Waals surface area contributed by atoms with E-state index in [1.165, 1.54) is 95.6 Å². The van der Waals surface area contributed by atoms with E-state index in [1.807, 2.05) is 0 Å². The second-order valence-corrected chi connectivity index (χ2v) is 14.9. The Hall–Kier alpha value is -1.96. The molecule has 1 saturated heterocycles. The molecule has 2 rings (SSSR count). The van der Waals surface area contributed by atoms with Crippen LogP contribution in [-0.2, 0) is 19.4 Å². The average molecular weight is 637 g/mol. The summed E-state index contributed by atoms with van der Waals surface area (Å²) in [4.78, 5) is 24.1. The number of imide groups is 1. The molecule has 1 heterocycles. The number of hydrogen-bond acceptors (Lipinski definition) is 5. The maximum absolute atomic E-state index is 14.3. The number of carbonyl (C=O) groups excluding carboxylic acids is 2. The summed E-state index contributed by atoms with van der Waals surface area (Å²) in [5.41, 5.74) is 3.28. The molecule has 1 aliphatic rings. The number of benzene rings is 1. The first-order valence-electron chi connectivity index (χ1n) is 17.9. The lowest BCUT2D eigenvalue weighted by Gasteiger charge is -2.25. The fourth-order valence-corrected chi connectivity index (χ4v) is 7.30. The lowest BCUT2D eigenvalue weighted by atomic mass is 10.0. The van der Waals surface area contributed by atoms with Crippen LogP contribution in [0.1, 0.15) is 167 Å². The van der Waals surface area contributed by atoms with Crippen molar-refractivity contribution >= 4 is 27.3 Å². The van der Waals surface area contributed by atoms with Gasteiger partial charge in [0.15, 0.2) is 9.84 Å². The lowest BCUT2D eigenvalue weighted by molar-refractivity contribution is -0.146. The minimum absolute atomic E-state index is 0.0772. The minimum atomic E-state index is -3.40. The van der Waals surface area contributed by atoms with Gasteiger partial charge >= 0.3 is 0 Å². The molecule has 8 heteroatoms. The first-order chi connectivity index (χ1) is 21.3. The summed E-state index contributed by atoms with van der Waals surface area (Å²) >= 11 is 0. The molecule has 0 saturated carbocycles. The molecule has 252 valence electrons. The van der Waals surface area contributed by atoms with Crippen molar-refractivity contribution in [2.45, 2.75) is 179 Å². The smallest absolute Gasteiger partial charge is 0.248 e. The monoisotopic (exact) mass is 636 g/mol. The average Bonchev–Trinajstić information content (AvgIpc) is 3.00. The summed E-state index contributed by atoms with van der Waals surface area (Å²) in [5.74, 6) is -0.478. The van der Waals surface area contributed by atoms with Crippen LogP contribution in [0.4, 0.5) is 10.1 Å². The molecular weight excluding hydrogens is 575 g/mol. The normalized spacial score (nSPS) is 14.7. The number of sulfone groups is 1. The quantitative estimate of drug-likeness (QED) is 0.0767. The molecule has 2 amide bonds. The second kappa shape index (κ2) is 23.4. The number of carbonyl (C=O) groups is 2.